The van der Waals surface area contributed by atoms with E-state index in [-0.39, 0.29) is 33.4 Å². The molecule has 126 valence electrons. The van der Waals surface area contributed by atoms with Crippen molar-refractivity contribution in [2.24, 2.45) is 5.92 Å². The largest absolute Gasteiger partial charge is 0.495 e. The lowest BCUT2D eigenvalue weighted by molar-refractivity contribution is 0.374. The van der Waals surface area contributed by atoms with Crippen LogP contribution in [0.2, 0.25) is 0 Å². The van der Waals surface area contributed by atoms with E-state index < -0.39 is 15.8 Å². The minimum absolute atomic E-state index is 0. The zero-order chi connectivity index (χ0) is 15.5. The van der Waals surface area contributed by atoms with Crippen molar-refractivity contribution in [1.29, 1.82) is 0 Å². The van der Waals surface area contributed by atoms with E-state index in [1.54, 1.807) is 0 Å². The molecular weight excluding hydrogens is 399 g/mol. The fraction of sp³-hybridized carbons (Fsp3) is 0.538. The van der Waals surface area contributed by atoms with Crippen LogP contribution < -0.4 is 14.8 Å². The van der Waals surface area contributed by atoms with Gasteiger partial charge < -0.3 is 10.1 Å². The van der Waals surface area contributed by atoms with Gasteiger partial charge in [-0.15, -0.1) is 12.4 Å². The molecule has 0 amide bonds. The summed E-state index contributed by atoms with van der Waals surface area (Å²) in [5, 5.41) is 3.22. The summed E-state index contributed by atoms with van der Waals surface area (Å²) < 4.78 is 46.0. The van der Waals surface area contributed by atoms with Gasteiger partial charge in [-0.25, -0.2) is 17.5 Å². The third-order valence-electron chi connectivity index (χ3n) is 3.46. The Bertz CT molecular complexity index is 610. The Morgan fingerprint density at radius 3 is 2.82 bits per heavy atom. The highest BCUT2D eigenvalue weighted by Crippen LogP contribution is 2.30. The maximum atomic E-state index is 13.6. The Morgan fingerprint density at radius 1 is 1.50 bits per heavy atom. The van der Waals surface area contributed by atoms with E-state index in [2.05, 4.69) is 26.0 Å². The minimum Gasteiger partial charge on any atom is -0.495 e. The molecule has 0 aromatic heterocycles. The van der Waals surface area contributed by atoms with E-state index in [4.69, 9.17) is 4.74 Å². The number of hydrogen-bond donors (Lipinski definition) is 2. The molecule has 2 N–H and O–H groups in total. The van der Waals surface area contributed by atoms with Crippen LogP contribution in [0, 0.1) is 11.7 Å². The molecule has 22 heavy (non-hydrogen) atoms. The lowest BCUT2D eigenvalue weighted by Gasteiger charge is -2.23. The van der Waals surface area contributed by atoms with Crippen LogP contribution in [0.4, 0.5) is 4.39 Å². The summed E-state index contributed by atoms with van der Waals surface area (Å²) in [6.45, 7) is 2.08. The molecule has 1 aromatic rings. The molecule has 1 atom stereocenters. The quantitative estimate of drug-likeness (QED) is 0.771. The molecule has 1 saturated heterocycles. The van der Waals surface area contributed by atoms with E-state index in [1.807, 2.05) is 0 Å². The Balaban J connectivity index is 0.00000242. The summed E-state index contributed by atoms with van der Waals surface area (Å²) in [4.78, 5) is -0.186. The maximum Gasteiger partial charge on any atom is 0.244 e. The van der Waals surface area contributed by atoms with Crippen LogP contribution in [0.3, 0.4) is 0 Å². The number of nitrogens with one attached hydrogen (secondary N) is 2. The van der Waals surface area contributed by atoms with Crippen molar-refractivity contribution >= 4 is 38.4 Å². The van der Waals surface area contributed by atoms with Crippen LogP contribution in [0.5, 0.6) is 5.75 Å². The standard InChI is InChI=1S/C13H18BrFN2O3S.ClH/c1-20-12-5-10(14)11(15)6-13(12)21(18,19)17-8-9-3-2-4-16-7-9;/h5-6,9,16-17H,2-4,7-8H2,1H3;1H. The van der Waals surface area contributed by atoms with E-state index in [9.17, 15) is 12.8 Å². The average Bonchev–Trinajstić information content (AvgIpc) is 2.48. The van der Waals surface area contributed by atoms with Gasteiger partial charge in [0.15, 0.2) is 0 Å². The second-order valence-electron chi connectivity index (χ2n) is 4.98. The Hall–Kier alpha value is -0.410. The highest BCUT2D eigenvalue weighted by Gasteiger charge is 2.23. The lowest BCUT2D eigenvalue weighted by atomic mass is 10.0. The molecule has 1 aliphatic heterocycles. The van der Waals surface area contributed by atoms with Gasteiger partial charge in [-0.05, 0) is 59.9 Å². The number of benzene rings is 1. The normalized spacial score (nSPS) is 18.6. The Morgan fingerprint density at radius 2 is 2.23 bits per heavy atom. The van der Waals surface area contributed by atoms with E-state index in [0.29, 0.717) is 6.54 Å². The van der Waals surface area contributed by atoms with Crippen molar-refractivity contribution in [1.82, 2.24) is 10.0 Å². The van der Waals surface area contributed by atoms with Crippen molar-refractivity contribution in [3.05, 3.63) is 22.4 Å². The molecule has 0 radical (unpaired) electrons. The molecule has 1 heterocycles. The first-order chi connectivity index (χ1) is 9.94. The molecule has 9 heteroatoms. The van der Waals surface area contributed by atoms with Crippen LogP contribution in [0.25, 0.3) is 0 Å². The van der Waals surface area contributed by atoms with E-state index in [1.165, 1.54) is 13.2 Å². The predicted octanol–water partition coefficient (Wildman–Crippen LogP) is 2.30. The number of halogens is 3. The van der Waals surface area contributed by atoms with Gasteiger partial charge in [0.1, 0.15) is 16.5 Å². The topological polar surface area (TPSA) is 67.4 Å². The van der Waals surface area contributed by atoms with Crippen molar-refractivity contribution in [2.75, 3.05) is 26.7 Å². The molecular formula is C13H19BrClFN2O3S. The Labute approximate surface area is 144 Å². The molecule has 1 unspecified atom stereocenters. The average molecular weight is 418 g/mol. The molecule has 1 aromatic carbocycles. The molecule has 0 spiro atoms. The zero-order valence-electron chi connectivity index (χ0n) is 12.1. The molecule has 0 bridgehead atoms. The van der Waals surface area contributed by atoms with E-state index in [0.717, 1.165) is 32.0 Å². The van der Waals surface area contributed by atoms with E-state index >= 15 is 0 Å². The summed E-state index contributed by atoms with van der Waals surface area (Å²) >= 11 is 3.01. The summed E-state index contributed by atoms with van der Waals surface area (Å²) in [7, 11) is -2.45. The monoisotopic (exact) mass is 416 g/mol. The third-order valence-corrected chi connectivity index (χ3v) is 5.51. The smallest absolute Gasteiger partial charge is 0.244 e. The van der Waals surface area contributed by atoms with Crippen molar-refractivity contribution < 1.29 is 17.5 Å². The molecule has 1 aliphatic rings. The highest BCUT2D eigenvalue weighted by molar-refractivity contribution is 9.10. The van der Waals surface area contributed by atoms with Crippen LogP contribution in [0.1, 0.15) is 12.8 Å². The van der Waals surface area contributed by atoms with Gasteiger partial charge >= 0.3 is 0 Å². The van der Waals surface area contributed by atoms with Crippen molar-refractivity contribution in [3.63, 3.8) is 0 Å². The van der Waals surface area contributed by atoms with Gasteiger partial charge in [-0.1, -0.05) is 0 Å². The van der Waals surface area contributed by atoms with Gasteiger partial charge in [0.25, 0.3) is 0 Å². The van der Waals surface area contributed by atoms with Gasteiger partial charge in [-0.3, -0.25) is 0 Å². The molecule has 5 nitrogen and oxygen atoms in total. The molecule has 2 rings (SSSR count). The predicted molar refractivity (Wildman–Crippen MR) is 88.7 cm³/mol. The number of piperidine rings is 1. The fourth-order valence-corrected chi connectivity index (χ4v) is 3.88. The SMILES string of the molecule is COc1cc(Br)c(F)cc1S(=O)(=O)NCC1CCCNC1.Cl. The van der Waals surface area contributed by atoms with Crippen LogP contribution in [-0.4, -0.2) is 35.2 Å². The van der Waals surface area contributed by atoms with Crippen molar-refractivity contribution in [3.8, 4) is 5.75 Å². The number of methoxy groups -OCH3 is 1. The number of ether oxygens (including phenoxy) is 1. The fourth-order valence-electron chi connectivity index (χ4n) is 2.28. The molecule has 1 fully saturated rings. The summed E-state index contributed by atoms with van der Waals surface area (Å²) in [6.07, 6.45) is 2.00. The van der Waals surface area contributed by atoms with Crippen LogP contribution in [0.15, 0.2) is 21.5 Å². The minimum atomic E-state index is -3.81. The van der Waals surface area contributed by atoms with Gasteiger partial charge in [-0.2, -0.15) is 0 Å². The number of hydrogen-bond acceptors (Lipinski definition) is 4. The summed E-state index contributed by atoms with van der Waals surface area (Å²) in [6, 6.07) is 2.27. The van der Waals surface area contributed by atoms with Gasteiger partial charge in [0.05, 0.1) is 11.6 Å². The third kappa shape index (κ3) is 4.79. The van der Waals surface area contributed by atoms with Gasteiger partial charge in [0.2, 0.25) is 10.0 Å². The zero-order valence-corrected chi connectivity index (χ0v) is 15.3. The van der Waals surface area contributed by atoms with Gasteiger partial charge in [0, 0.05) is 6.54 Å². The molecule has 0 saturated carbocycles. The first-order valence-corrected chi connectivity index (χ1v) is 8.95. The highest BCUT2D eigenvalue weighted by atomic mass is 79.9. The second-order valence-corrected chi connectivity index (χ2v) is 7.57. The van der Waals surface area contributed by atoms with Crippen molar-refractivity contribution in [2.45, 2.75) is 17.7 Å². The molecule has 0 aliphatic carbocycles. The summed E-state index contributed by atoms with van der Waals surface area (Å²) in [5.74, 6) is -0.284. The first kappa shape index (κ1) is 19.6. The second kappa shape index (κ2) is 8.44. The summed E-state index contributed by atoms with van der Waals surface area (Å²) in [5.41, 5.74) is 0. The number of sulfonamides is 1. The lowest BCUT2D eigenvalue weighted by Crippen LogP contribution is -2.38. The van der Waals surface area contributed by atoms with Crippen LogP contribution in [-0.2, 0) is 10.0 Å². The maximum absolute atomic E-state index is 13.6. The first-order valence-electron chi connectivity index (χ1n) is 6.67. The van der Waals surface area contributed by atoms with Crippen LogP contribution >= 0.6 is 28.3 Å². The number of rotatable bonds is 5. The Kier molecular flexibility index (Phi) is 7.54.